The molecule has 152 valence electrons. The van der Waals surface area contributed by atoms with Gasteiger partial charge in [0.2, 0.25) is 0 Å². The van der Waals surface area contributed by atoms with E-state index >= 15 is 0 Å². The Labute approximate surface area is 176 Å². The molecule has 0 aliphatic carbocycles. The number of aromatic amines is 1. The van der Waals surface area contributed by atoms with Crippen molar-refractivity contribution in [2.75, 3.05) is 25.0 Å². The Bertz CT molecular complexity index is 1110. The fourth-order valence-corrected chi connectivity index (χ4v) is 3.46. The zero-order chi connectivity index (χ0) is 21.7. The first kappa shape index (κ1) is 21.0. The number of amides is 2. The molecule has 0 saturated heterocycles. The molecule has 0 bridgehead atoms. The SMILES string of the molecule is C#CCCNCCNC(=O)c1c(C)[nH]c(/C=C2\C(=O)Nc3ccc(C#C)cc32)c1C. The second-order valence-electron chi connectivity index (χ2n) is 7.04. The lowest BCUT2D eigenvalue weighted by atomic mass is 10.0. The van der Waals surface area contributed by atoms with Crippen LogP contribution in [0.5, 0.6) is 0 Å². The third-order valence-electron chi connectivity index (χ3n) is 4.99. The molecule has 2 aromatic rings. The summed E-state index contributed by atoms with van der Waals surface area (Å²) in [6.07, 6.45) is 13.1. The number of aryl methyl sites for hydroxylation is 1. The molecule has 6 nitrogen and oxygen atoms in total. The number of hydrogen-bond acceptors (Lipinski definition) is 3. The molecule has 2 amide bonds. The van der Waals surface area contributed by atoms with E-state index in [0.717, 1.165) is 29.1 Å². The van der Waals surface area contributed by atoms with Crippen molar-refractivity contribution in [1.82, 2.24) is 15.6 Å². The van der Waals surface area contributed by atoms with Crippen molar-refractivity contribution in [2.24, 2.45) is 0 Å². The molecule has 0 atom stereocenters. The van der Waals surface area contributed by atoms with E-state index in [4.69, 9.17) is 12.8 Å². The first-order chi connectivity index (χ1) is 14.5. The lowest BCUT2D eigenvalue weighted by molar-refractivity contribution is -0.110. The average Bonchev–Trinajstić information content (AvgIpc) is 3.19. The topological polar surface area (TPSA) is 86.0 Å². The highest BCUT2D eigenvalue weighted by Gasteiger charge is 2.25. The highest BCUT2D eigenvalue weighted by atomic mass is 16.2. The molecule has 1 aliphatic heterocycles. The predicted molar refractivity (Wildman–Crippen MR) is 120 cm³/mol. The van der Waals surface area contributed by atoms with Crippen LogP contribution in [-0.2, 0) is 4.79 Å². The Kier molecular flexibility index (Phi) is 6.41. The number of carbonyl (C=O) groups excluding carboxylic acids is 2. The molecule has 0 spiro atoms. The van der Waals surface area contributed by atoms with E-state index in [-0.39, 0.29) is 11.8 Å². The molecular weight excluding hydrogens is 376 g/mol. The van der Waals surface area contributed by atoms with Gasteiger partial charge in [0, 0.05) is 54.3 Å². The number of rotatable bonds is 7. The quantitative estimate of drug-likeness (QED) is 0.327. The van der Waals surface area contributed by atoms with Crippen LogP contribution in [0.15, 0.2) is 18.2 Å². The van der Waals surface area contributed by atoms with E-state index in [9.17, 15) is 9.59 Å². The Hall–Kier alpha value is -3.74. The van der Waals surface area contributed by atoms with E-state index < -0.39 is 0 Å². The smallest absolute Gasteiger partial charge is 0.256 e. The summed E-state index contributed by atoms with van der Waals surface area (Å²) in [5.41, 5.74) is 5.52. The van der Waals surface area contributed by atoms with Gasteiger partial charge in [-0.1, -0.05) is 5.92 Å². The average molecular weight is 400 g/mol. The molecule has 0 radical (unpaired) electrons. The standard InChI is InChI=1S/C24H24N4O2/c1-5-7-10-25-11-12-26-24(30)22-15(3)21(27-16(22)4)14-19-18-13-17(6-2)8-9-20(18)28-23(19)29/h1-2,8-9,13-14,25,27H,7,10-12H2,3-4H3,(H,26,30)(H,28,29)/b19-14-. The molecule has 4 N–H and O–H groups in total. The molecule has 0 fully saturated rings. The number of carbonyl (C=O) groups is 2. The van der Waals surface area contributed by atoms with Gasteiger partial charge in [-0.15, -0.1) is 18.8 Å². The van der Waals surface area contributed by atoms with E-state index in [1.165, 1.54) is 0 Å². The third-order valence-corrected chi connectivity index (χ3v) is 4.99. The Balaban J connectivity index is 1.80. The van der Waals surface area contributed by atoms with Gasteiger partial charge in [-0.3, -0.25) is 9.59 Å². The molecule has 1 aromatic heterocycles. The van der Waals surface area contributed by atoms with Crippen LogP contribution in [0.2, 0.25) is 0 Å². The summed E-state index contributed by atoms with van der Waals surface area (Å²) in [5, 5.41) is 8.92. The van der Waals surface area contributed by atoms with Crippen molar-refractivity contribution in [3.8, 4) is 24.7 Å². The maximum atomic E-state index is 12.7. The predicted octanol–water partition coefficient (Wildman–Crippen LogP) is 2.45. The Morgan fingerprint density at radius 2 is 2.00 bits per heavy atom. The Morgan fingerprint density at radius 3 is 2.73 bits per heavy atom. The van der Waals surface area contributed by atoms with Gasteiger partial charge in [0.15, 0.2) is 0 Å². The summed E-state index contributed by atoms with van der Waals surface area (Å²) in [6, 6.07) is 5.40. The van der Waals surface area contributed by atoms with Gasteiger partial charge in [-0.2, -0.15) is 0 Å². The van der Waals surface area contributed by atoms with Gasteiger partial charge in [0.05, 0.1) is 11.1 Å². The molecule has 0 saturated carbocycles. The minimum absolute atomic E-state index is 0.157. The second kappa shape index (κ2) is 9.17. The number of fused-ring (bicyclic) bond motifs is 1. The molecule has 3 rings (SSSR count). The number of anilines is 1. The molecule has 2 heterocycles. The molecule has 6 heteroatoms. The number of H-pyrrole nitrogens is 1. The lowest BCUT2D eigenvalue weighted by Crippen LogP contribution is -2.32. The van der Waals surface area contributed by atoms with Crippen LogP contribution in [0.25, 0.3) is 11.6 Å². The summed E-state index contributed by atoms with van der Waals surface area (Å²) in [4.78, 5) is 28.4. The van der Waals surface area contributed by atoms with Gasteiger partial charge in [-0.05, 0) is 43.7 Å². The zero-order valence-corrected chi connectivity index (χ0v) is 17.1. The Morgan fingerprint density at radius 1 is 1.20 bits per heavy atom. The first-order valence-corrected chi connectivity index (χ1v) is 9.72. The van der Waals surface area contributed by atoms with Crippen LogP contribution in [-0.4, -0.2) is 36.4 Å². The number of hydrogen-bond donors (Lipinski definition) is 4. The van der Waals surface area contributed by atoms with Gasteiger partial charge >= 0.3 is 0 Å². The van der Waals surface area contributed by atoms with Crippen molar-refractivity contribution in [1.29, 1.82) is 0 Å². The summed E-state index contributed by atoms with van der Waals surface area (Å²) >= 11 is 0. The van der Waals surface area contributed by atoms with Crippen molar-refractivity contribution in [2.45, 2.75) is 20.3 Å². The molecule has 1 aliphatic rings. The van der Waals surface area contributed by atoms with Crippen molar-refractivity contribution in [3.63, 3.8) is 0 Å². The van der Waals surface area contributed by atoms with Gasteiger partial charge in [0.25, 0.3) is 11.8 Å². The third kappa shape index (κ3) is 4.30. The minimum Gasteiger partial charge on any atom is -0.358 e. The lowest BCUT2D eigenvalue weighted by Gasteiger charge is -2.07. The molecule has 0 unspecified atom stereocenters. The second-order valence-corrected chi connectivity index (χ2v) is 7.04. The fourth-order valence-electron chi connectivity index (χ4n) is 3.46. The van der Waals surface area contributed by atoms with Gasteiger partial charge in [-0.25, -0.2) is 0 Å². The van der Waals surface area contributed by atoms with Crippen molar-refractivity contribution < 1.29 is 9.59 Å². The summed E-state index contributed by atoms with van der Waals surface area (Å²) < 4.78 is 0. The van der Waals surface area contributed by atoms with Crippen LogP contribution in [0, 0.1) is 38.5 Å². The highest BCUT2D eigenvalue weighted by Crippen LogP contribution is 2.34. The molecular formula is C24H24N4O2. The summed E-state index contributed by atoms with van der Waals surface area (Å²) in [5.74, 6) is 4.79. The summed E-state index contributed by atoms with van der Waals surface area (Å²) in [7, 11) is 0. The number of terminal acetylenes is 2. The van der Waals surface area contributed by atoms with E-state index in [1.54, 1.807) is 18.2 Å². The highest BCUT2D eigenvalue weighted by molar-refractivity contribution is 6.35. The molecule has 30 heavy (non-hydrogen) atoms. The summed E-state index contributed by atoms with van der Waals surface area (Å²) in [6.45, 7) is 5.56. The van der Waals surface area contributed by atoms with Gasteiger partial charge in [0.1, 0.15) is 0 Å². The van der Waals surface area contributed by atoms with Gasteiger partial charge < -0.3 is 20.9 Å². The van der Waals surface area contributed by atoms with Crippen LogP contribution < -0.4 is 16.0 Å². The van der Waals surface area contributed by atoms with Crippen LogP contribution in [0.1, 0.15) is 44.9 Å². The van der Waals surface area contributed by atoms with Crippen LogP contribution >= 0.6 is 0 Å². The maximum absolute atomic E-state index is 12.7. The number of aromatic nitrogens is 1. The fraction of sp³-hybridized carbons (Fsp3) is 0.250. The van der Waals surface area contributed by atoms with Crippen LogP contribution in [0.3, 0.4) is 0 Å². The maximum Gasteiger partial charge on any atom is 0.256 e. The molecule has 1 aromatic carbocycles. The van der Waals surface area contributed by atoms with E-state index in [1.807, 2.05) is 19.9 Å². The largest absolute Gasteiger partial charge is 0.358 e. The number of nitrogens with one attached hydrogen (secondary N) is 4. The van der Waals surface area contributed by atoms with E-state index in [2.05, 4.69) is 32.8 Å². The van der Waals surface area contributed by atoms with E-state index in [0.29, 0.717) is 41.9 Å². The van der Waals surface area contributed by atoms with Crippen molar-refractivity contribution >= 4 is 29.2 Å². The normalized spacial score (nSPS) is 13.5. The first-order valence-electron chi connectivity index (χ1n) is 9.72. The van der Waals surface area contributed by atoms with Crippen LogP contribution in [0.4, 0.5) is 5.69 Å². The number of benzene rings is 1. The zero-order valence-electron chi connectivity index (χ0n) is 17.1. The monoisotopic (exact) mass is 400 g/mol. The van der Waals surface area contributed by atoms with Crippen molar-refractivity contribution in [3.05, 3.63) is 51.8 Å². The minimum atomic E-state index is -0.199.